The highest BCUT2D eigenvalue weighted by Crippen LogP contribution is 2.33. The summed E-state index contributed by atoms with van der Waals surface area (Å²) in [6, 6.07) is 1.30. The van der Waals surface area contributed by atoms with Gasteiger partial charge in [-0.2, -0.15) is 0 Å². The molecule has 3 heteroatoms. The van der Waals surface area contributed by atoms with Crippen LogP contribution in [0.2, 0.25) is 0 Å². The Morgan fingerprint density at radius 3 is 2.26 bits per heavy atom. The Morgan fingerprint density at radius 2 is 1.74 bits per heavy atom. The van der Waals surface area contributed by atoms with Crippen LogP contribution < -0.4 is 5.32 Å². The molecule has 2 atom stereocenters. The molecule has 2 aliphatic heterocycles. The Hall–Kier alpha value is -0.120. The molecule has 0 saturated carbocycles. The number of ether oxygens (including phenoxy) is 1. The van der Waals surface area contributed by atoms with Gasteiger partial charge in [-0.3, -0.25) is 4.90 Å². The molecule has 2 fully saturated rings. The molecule has 0 aromatic heterocycles. The summed E-state index contributed by atoms with van der Waals surface area (Å²) in [7, 11) is 0. The van der Waals surface area contributed by atoms with Gasteiger partial charge in [0.25, 0.3) is 0 Å². The van der Waals surface area contributed by atoms with Crippen LogP contribution in [-0.2, 0) is 4.74 Å². The van der Waals surface area contributed by atoms with Crippen molar-refractivity contribution in [3.63, 3.8) is 0 Å². The third-order valence-corrected chi connectivity index (χ3v) is 5.22. The Kier molecular flexibility index (Phi) is 4.91. The second kappa shape index (κ2) is 6.11. The summed E-state index contributed by atoms with van der Waals surface area (Å²) in [5.41, 5.74) is 0.336. The van der Waals surface area contributed by atoms with Crippen LogP contribution in [0, 0.1) is 11.8 Å². The molecule has 112 valence electrons. The summed E-state index contributed by atoms with van der Waals surface area (Å²) in [6.45, 7) is 16.0. The van der Waals surface area contributed by atoms with Crippen LogP contribution in [-0.4, -0.2) is 48.8 Å². The SMILES string of the molecule is CC(C)C1CN(C2(C)CCOCC2)C(C(C)C)CN1. The zero-order chi connectivity index (χ0) is 14.0. The van der Waals surface area contributed by atoms with Gasteiger partial charge in [0.1, 0.15) is 0 Å². The second-order valence-electron chi connectivity index (χ2n) is 7.33. The van der Waals surface area contributed by atoms with Gasteiger partial charge in [-0.15, -0.1) is 0 Å². The van der Waals surface area contributed by atoms with Gasteiger partial charge in [-0.25, -0.2) is 0 Å². The topological polar surface area (TPSA) is 24.5 Å². The van der Waals surface area contributed by atoms with Crippen LogP contribution >= 0.6 is 0 Å². The van der Waals surface area contributed by atoms with Crippen molar-refractivity contribution in [1.82, 2.24) is 10.2 Å². The molecule has 2 rings (SSSR count). The first-order chi connectivity index (χ1) is 8.94. The zero-order valence-electron chi connectivity index (χ0n) is 13.4. The third-order valence-electron chi connectivity index (χ3n) is 5.22. The van der Waals surface area contributed by atoms with Crippen LogP contribution in [0.25, 0.3) is 0 Å². The Labute approximate surface area is 119 Å². The minimum absolute atomic E-state index is 0.336. The second-order valence-corrected chi connectivity index (χ2v) is 7.33. The maximum absolute atomic E-state index is 5.58. The van der Waals surface area contributed by atoms with Crippen molar-refractivity contribution in [3.8, 4) is 0 Å². The van der Waals surface area contributed by atoms with Crippen LogP contribution in [0.4, 0.5) is 0 Å². The number of rotatable bonds is 3. The number of hydrogen-bond acceptors (Lipinski definition) is 3. The van der Waals surface area contributed by atoms with Crippen LogP contribution in [0.1, 0.15) is 47.5 Å². The lowest BCUT2D eigenvalue weighted by Gasteiger charge is -2.53. The summed E-state index contributed by atoms with van der Waals surface area (Å²) in [5, 5.41) is 3.76. The van der Waals surface area contributed by atoms with Crippen LogP contribution in [0.15, 0.2) is 0 Å². The minimum Gasteiger partial charge on any atom is -0.381 e. The summed E-state index contributed by atoms with van der Waals surface area (Å²) in [4.78, 5) is 2.81. The lowest BCUT2D eigenvalue weighted by molar-refractivity contribution is -0.0663. The summed E-state index contributed by atoms with van der Waals surface area (Å²) >= 11 is 0. The molecular weight excluding hydrogens is 236 g/mol. The van der Waals surface area contributed by atoms with Gasteiger partial charge in [-0.05, 0) is 31.6 Å². The molecule has 0 spiro atoms. The summed E-state index contributed by atoms with van der Waals surface area (Å²) in [5.74, 6) is 1.42. The molecule has 0 bridgehead atoms. The molecule has 1 N–H and O–H groups in total. The van der Waals surface area contributed by atoms with Crippen molar-refractivity contribution < 1.29 is 4.74 Å². The first-order valence-corrected chi connectivity index (χ1v) is 8.02. The Balaban J connectivity index is 2.14. The predicted molar refractivity (Wildman–Crippen MR) is 80.4 cm³/mol. The molecule has 2 heterocycles. The molecule has 3 nitrogen and oxygen atoms in total. The van der Waals surface area contributed by atoms with Gasteiger partial charge < -0.3 is 10.1 Å². The highest BCUT2D eigenvalue weighted by molar-refractivity contribution is 4.98. The van der Waals surface area contributed by atoms with E-state index in [1.165, 1.54) is 19.4 Å². The standard InChI is InChI=1S/C16H32N2O/c1-12(2)14-11-18(15(10-17-14)13(3)4)16(5)6-8-19-9-7-16/h12-15,17H,6-11H2,1-5H3. The molecule has 0 aromatic rings. The smallest absolute Gasteiger partial charge is 0.0483 e. The van der Waals surface area contributed by atoms with Crippen molar-refractivity contribution in [2.24, 2.45) is 11.8 Å². The van der Waals surface area contributed by atoms with E-state index >= 15 is 0 Å². The van der Waals surface area contributed by atoms with Gasteiger partial charge in [-0.1, -0.05) is 27.7 Å². The molecule has 2 saturated heterocycles. The van der Waals surface area contributed by atoms with E-state index in [2.05, 4.69) is 44.8 Å². The largest absolute Gasteiger partial charge is 0.381 e. The van der Waals surface area contributed by atoms with E-state index in [1.807, 2.05) is 0 Å². The fourth-order valence-corrected chi connectivity index (χ4v) is 3.56. The van der Waals surface area contributed by atoms with Crippen molar-refractivity contribution in [3.05, 3.63) is 0 Å². The molecule has 0 aliphatic carbocycles. The molecular formula is C16H32N2O. The first kappa shape index (κ1) is 15.3. The number of piperazine rings is 1. The third kappa shape index (κ3) is 3.32. The molecule has 2 unspecified atom stereocenters. The number of nitrogens with zero attached hydrogens (tertiary/aromatic N) is 1. The van der Waals surface area contributed by atoms with Crippen LogP contribution in [0.5, 0.6) is 0 Å². The van der Waals surface area contributed by atoms with E-state index in [4.69, 9.17) is 4.74 Å². The monoisotopic (exact) mass is 268 g/mol. The summed E-state index contributed by atoms with van der Waals surface area (Å²) < 4.78 is 5.58. The average Bonchev–Trinajstić information content (AvgIpc) is 2.38. The quantitative estimate of drug-likeness (QED) is 0.851. The van der Waals surface area contributed by atoms with E-state index in [1.54, 1.807) is 0 Å². The highest BCUT2D eigenvalue weighted by atomic mass is 16.5. The fraction of sp³-hybridized carbons (Fsp3) is 1.00. The number of hydrogen-bond donors (Lipinski definition) is 1. The fourth-order valence-electron chi connectivity index (χ4n) is 3.56. The van der Waals surface area contributed by atoms with E-state index in [0.29, 0.717) is 29.5 Å². The van der Waals surface area contributed by atoms with E-state index in [9.17, 15) is 0 Å². The van der Waals surface area contributed by atoms with E-state index in [-0.39, 0.29) is 0 Å². The van der Waals surface area contributed by atoms with Gasteiger partial charge in [0.15, 0.2) is 0 Å². The molecule has 19 heavy (non-hydrogen) atoms. The van der Waals surface area contributed by atoms with Gasteiger partial charge in [0.05, 0.1) is 0 Å². The maximum Gasteiger partial charge on any atom is 0.0483 e. The van der Waals surface area contributed by atoms with Crippen molar-refractivity contribution in [2.75, 3.05) is 26.3 Å². The molecule has 2 aliphatic rings. The average molecular weight is 268 g/mol. The van der Waals surface area contributed by atoms with Gasteiger partial charge >= 0.3 is 0 Å². The van der Waals surface area contributed by atoms with Gasteiger partial charge in [0.2, 0.25) is 0 Å². The molecule has 0 amide bonds. The van der Waals surface area contributed by atoms with E-state index in [0.717, 1.165) is 19.8 Å². The Morgan fingerprint density at radius 1 is 1.11 bits per heavy atom. The summed E-state index contributed by atoms with van der Waals surface area (Å²) in [6.07, 6.45) is 2.36. The maximum atomic E-state index is 5.58. The lowest BCUT2D eigenvalue weighted by Crippen LogP contribution is -2.66. The van der Waals surface area contributed by atoms with Crippen molar-refractivity contribution in [1.29, 1.82) is 0 Å². The molecule has 0 radical (unpaired) electrons. The minimum atomic E-state index is 0.336. The lowest BCUT2D eigenvalue weighted by atomic mass is 9.83. The van der Waals surface area contributed by atoms with E-state index < -0.39 is 0 Å². The van der Waals surface area contributed by atoms with Crippen molar-refractivity contribution in [2.45, 2.75) is 65.1 Å². The first-order valence-electron chi connectivity index (χ1n) is 8.02. The molecule has 0 aromatic carbocycles. The number of nitrogens with one attached hydrogen (secondary N) is 1. The normalized spacial score (nSPS) is 33.0. The zero-order valence-corrected chi connectivity index (χ0v) is 13.4. The van der Waals surface area contributed by atoms with Crippen LogP contribution in [0.3, 0.4) is 0 Å². The van der Waals surface area contributed by atoms with Crippen molar-refractivity contribution >= 4 is 0 Å². The Bertz CT molecular complexity index is 284. The van der Waals surface area contributed by atoms with Gasteiger partial charge in [0, 0.05) is 43.9 Å². The highest BCUT2D eigenvalue weighted by Gasteiger charge is 2.42. The predicted octanol–water partition coefficient (Wildman–Crippen LogP) is 2.51.